The average Bonchev–Trinajstić information content (AvgIpc) is 2.44. The Morgan fingerprint density at radius 1 is 1.19 bits per heavy atom. The second-order valence-corrected chi connectivity index (χ2v) is 4.37. The summed E-state index contributed by atoms with van der Waals surface area (Å²) in [6.07, 6.45) is 0. The van der Waals surface area contributed by atoms with Crippen LogP contribution in [0.4, 0.5) is 20.2 Å². The molecule has 2 aromatic carbocycles. The lowest BCUT2D eigenvalue weighted by molar-refractivity contribution is -0.386. The number of nitrogens with zero attached hydrogens (tertiary/aromatic N) is 1. The summed E-state index contributed by atoms with van der Waals surface area (Å²) >= 11 is 0. The smallest absolute Gasteiger partial charge is 0.327 e. The maximum Gasteiger partial charge on any atom is 0.327 e. The number of aliphatic hydroxyl groups excluding tert-OH is 1. The molecule has 0 aromatic heterocycles. The van der Waals surface area contributed by atoms with Gasteiger partial charge in [-0.25, -0.2) is 4.39 Å². The molecule has 0 atom stereocenters. The number of anilines is 1. The van der Waals surface area contributed by atoms with Crippen molar-refractivity contribution in [3.63, 3.8) is 0 Å². The number of nitro groups is 1. The van der Waals surface area contributed by atoms with Gasteiger partial charge in [0, 0.05) is 18.7 Å². The van der Waals surface area contributed by atoms with Crippen LogP contribution in [0.2, 0.25) is 0 Å². The lowest BCUT2D eigenvalue weighted by atomic mass is 10.1. The molecule has 2 N–H and O–H groups in total. The van der Waals surface area contributed by atoms with Crippen molar-refractivity contribution in [1.29, 1.82) is 0 Å². The van der Waals surface area contributed by atoms with E-state index in [1.807, 2.05) is 0 Å². The molecular weight excluding hydrogens is 282 g/mol. The quantitative estimate of drug-likeness (QED) is 0.656. The van der Waals surface area contributed by atoms with Crippen LogP contribution in [-0.2, 0) is 13.2 Å². The highest BCUT2D eigenvalue weighted by molar-refractivity contribution is 5.62. The van der Waals surface area contributed by atoms with E-state index in [0.29, 0.717) is 11.6 Å². The highest BCUT2D eigenvalue weighted by Gasteiger charge is 2.21. The van der Waals surface area contributed by atoms with Crippen molar-refractivity contribution >= 4 is 11.4 Å². The fourth-order valence-electron chi connectivity index (χ4n) is 1.92. The van der Waals surface area contributed by atoms with E-state index >= 15 is 0 Å². The Kier molecular flexibility index (Phi) is 4.44. The first-order valence-corrected chi connectivity index (χ1v) is 6.07. The Hall–Kier alpha value is -2.54. The summed E-state index contributed by atoms with van der Waals surface area (Å²) < 4.78 is 26.6. The average molecular weight is 294 g/mol. The van der Waals surface area contributed by atoms with Gasteiger partial charge < -0.3 is 10.4 Å². The second kappa shape index (κ2) is 6.27. The van der Waals surface area contributed by atoms with Crippen molar-refractivity contribution in [3.8, 4) is 0 Å². The van der Waals surface area contributed by atoms with Crippen molar-refractivity contribution in [1.82, 2.24) is 0 Å². The summed E-state index contributed by atoms with van der Waals surface area (Å²) in [5.41, 5.74) is 0.372. The zero-order chi connectivity index (χ0) is 15.4. The number of nitro benzene ring substituents is 1. The van der Waals surface area contributed by atoms with Gasteiger partial charge in [-0.1, -0.05) is 24.3 Å². The molecule has 7 heteroatoms. The van der Waals surface area contributed by atoms with Crippen LogP contribution in [0.5, 0.6) is 0 Å². The normalized spacial score (nSPS) is 10.4. The van der Waals surface area contributed by atoms with E-state index in [9.17, 15) is 18.9 Å². The van der Waals surface area contributed by atoms with Gasteiger partial charge in [0.15, 0.2) is 0 Å². The molecule has 0 saturated carbocycles. The summed E-state index contributed by atoms with van der Waals surface area (Å²) in [5.74, 6) is -2.13. The maximum absolute atomic E-state index is 13.5. The van der Waals surface area contributed by atoms with Crippen LogP contribution in [0.3, 0.4) is 0 Å². The maximum atomic E-state index is 13.5. The molecule has 2 aromatic rings. The van der Waals surface area contributed by atoms with Crippen LogP contribution in [0.25, 0.3) is 0 Å². The predicted octanol–water partition coefficient (Wildman–Crippen LogP) is 2.98. The fraction of sp³-hybridized carbons (Fsp3) is 0.143. The van der Waals surface area contributed by atoms with Gasteiger partial charge >= 0.3 is 5.69 Å². The molecule has 0 aliphatic carbocycles. The molecule has 0 saturated heterocycles. The molecule has 0 aliphatic heterocycles. The fourth-order valence-corrected chi connectivity index (χ4v) is 1.92. The van der Waals surface area contributed by atoms with E-state index in [1.165, 1.54) is 0 Å². The molecule has 0 amide bonds. The van der Waals surface area contributed by atoms with Crippen LogP contribution in [0, 0.1) is 21.7 Å². The van der Waals surface area contributed by atoms with Gasteiger partial charge in [0.2, 0.25) is 5.82 Å². The van der Waals surface area contributed by atoms with Gasteiger partial charge in [-0.2, -0.15) is 4.39 Å². The molecule has 0 heterocycles. The lowest BCUT2D eigenvalue weighted by Gasteiger charge is -2.09. The second-order valence-electron chi connectivity index (χ2n) is 4.37. The molecule has 0 fully saturated rings. The minimum absolute atomic E-state index is 0.136. The van der Waals surface area contributed by atoms with Gasteiger partial charge in [-0.3, -0.25) is 10.1 Å². The van der Waals surface area contributed by atoms with Gasteiger partial charge in [-0.05, 0) is 11.1 Å². The lowest BCUT2D eigenvalue weighted by Crippen LogP contribution is -2.05. The van der Waals surface area contributed by atoms with Crippen molar-refractivity contribution in [2.45, 2.75) is 13.2 Å². The Labute approximate surface area is 119 Å². The number of halogens is 2. The third-order valence-corrected chi connectivity index (χ3v) is 2.87. The standard InChI is InChI=1S/C14H12F2N2O3/c15-11-5-12(16)14(18(20)21)13(6-11)17-7-9-2-1-3-10(4-9)8-19/h1-6,17,19H,7-8H2. The first-order chi connectivity index (χ1) is 10.0. The summed E-state index contributed by atoms with van der Waals surface area (Å²) in [4.78, 5) is 9.93. The largest absolute Gasteiger partial charge is 0.392 e. The third-order valence-electron chi connectivity index (χ3n) is 2.87. The number of rotatable bonds is 5. The van der Waals surface area contributed by atoms with E-state index in [0.717, 1.165) is 11.6 Å². The van der Waals surface area contributed by atoms with Gasteiger partial charge in [-0.15, -0.1) is 0 Å². The van der Waals surface area contributed by atoms with Crippen LogP contribution in [0.1, 0.15) is 11.1 Å². The van der Waals surface area contributed by atoms with Gasteiger partial charge in [0.25, 0.3) is 0 Å². The minimum Gasteiger partial charge on any atom is -0.392 e. The monoisotopic (exact) mass is 294 g/mol. The first kappa shape index (κ1) is 14.9. The Balaban J connectivity index is 2.25. The summed E-state index contributed by atoms with van der Waals surface area (Å²) in [6.45, 7) is 0.000153. The Morgan fingerprint density at radius 2 is 1.90 bits per heavy atom. The number of benzene rings is 2. The third kappa shape index (κ3) is 3.51. The molecular formula is C14H12F2N2O3. The van der Waals surface area contributed by atoms with Gasteiger partial charge in [0.1, 0.15) is 11.5 Å². The predicted molar refractivity (Wildman–Crippen MR) is 72.7 cm³/mol. The first-order valence-electron chi connectivity index (χ1n) is 6.07. The molecule has 5 nitrogen and oxygen atoms in total. The highest BCUT2D eigenvalue weighted by Crippen LogP contribution is 2.29. The highest BCUT2D eigenvalue weighted by atomic mass is 19.1. The summed E-state index contributed by atoms with van der Waals surface area (Å²) in [6, 6.07) is 8.19. The Morgan fingerprint density at radius 3 is 2.57 bits per heavy atom. The zero-order valence-electron chi connectivity index (χ0n) is 10.8. The van der Waals surface area contributed by atoms with E-state index in [4.69, 9.17) is 5.11 Å². The van der Waals surface area contributed by atoms with E-state index in [2.05, 4.69) is 5.32 Å². The molecule has 0 spiro atoms. The SMILES string of the molecule is O=[N+]([O-])c1c(F)cc(F)cc1NCc1cccc(CO)c1. The van der Waals surface area contributed by atoms with E-state index < -0.39 is 22.2 Å². The minimum atomic E-state index is -1.23. The van der Waals surface area contributed by atoms with Gasteiger partial charge in [0.05, 0.1) is 11.5 Å². The number of hydrogen-bond donors (Lipinski definition) is 2. The Bertz CT molecular complexity index is 677. The van der Waals surface area contributed by atoms with E-state index in [-0.39, 0.29) is 18.8 Å². The zero-order valence-corrected chi connectivity index (χ0v) is 10.8. The van der Waals surface area contributed by atoms with Crippen LogP contribution < -0.4 is 5.32 Å². The van der Waals surface area contributed by atoms with Crippen molar-refractivity contribution in [2.75, 3.05) is 5.32 Å². The van der Waals surface area contributed by atoms with Crippen LogP contribution in [0.15, 0.2) is 36.4 Å². The van der Waals surface area contributed by atoms with Crippen molar-refractivity contribution in [3.05, 3.63) is 69.3 Å². The number of nitrogens with one attached hydrogen (secondary N) is 1. The molecule has 21 heavy (non-hydrogen) atoms. The molecule has 0 aliphatic rings. The number of hydrogen-bond acceptors (Lipinski definition) is 4. The summed E-state index contributed by atoms with van der Waals surface area (Å²) in [5, 5.41) is 22.5. The van der Waals surface area contributed by atoms with Crippen molar-refractivity contribution in [2.24, 2.45) is 0 Å². The summed E-state index contributed by atoms with van der Waals surface area (Å²) in [7, 11) is 0. The topological polar surface area (TPSA) is 75.4 Å². The van der Waals surface area contributed by atoms with Crippen molar-refractivity contribution < 1.29 is 18.8 Å². The molecule has 2 rings (SSSR count). The molecule has 0 unspecified atom stereocenters. The molecule has 0 bridgehead atoms. The number of aliphatic hydroxyl groups is 1. The molecule has 110 valence electrons. The van der Waals surface area contributed by atoms with Crippen LogP contribution >= 0.6 is 0 Å². The van der Waals surface area contributed by atoms with E-state index in [1.54, 1.807) is 24.3 Å². The molecule has 0 radical (unpaired) electrons. The van der Waals surface area contributed by atoms with Crippen LogP contribution in [-0.4, -0.2) is 10.0 Å².